The van der Waals surface area contributed by atoms with Gasteiger partial charge < -0.3 is 4.90 Å². The van der Waals surface area contributed by atoms with Crippen molar-refractivity contribution >= 4 is 43.8 Å². The molecule has 0 atom stereocenters. The maximum absolute atomic E-state index is 12.6. The number of aromatic nitrogens is 2. The quantitative estimate of drug-likeness (QED) is 0.807. The molecular formula is C17H23N5O3S2. The molecule has 1 saturated heterocycles. The van der Waals surface area contributed by atoms with Gasteiger partial charge >= 0.3 is 0 Å². The third-order valence-electron chi connectivity index (χ3n) is 4.32. The van der Waals surface area contributed by atoms with Crippen molar-refractivity contribution in [3.8, 4) is 0 Å². The number of rotatable bonds is 2. The summed E-state index contributed by atoms with van der Waals surface area (Å²) in [6.07, 6.45) is 3.47. The van der Waals surface area contributed by atoms with Gasteiger partial charge in [-0.1, -0.05) is 25.6 Å². The number of nitrogens with zero attached hydrogens (tertiary/aromatic N) is 4. The average Bonchev–Trinajstić information content (AvgIpc) is 3.36. The second-order valence-electron chi connectivity index (χ2n) is 5.99. The smallest absolute Gasteiger partial charge is 0.243 e. The monoisotopic (exact) mass is 409 g/mol. The van der Waals surface area contributed by atoms with Crippen molar-refractivity contribution in [2.24, 2.45) is 10.1 Å². The number of fused-ring (bicyclic) bond motifs is 1. The third-order valence-corrected chi connectivity index (χ3v) is 6.19. The third kappa shape index (κ3) is 3.87. The van der Waals surface area contributed by atoms with E-state index in [2.05, 4.69) is 14.9 Å². The van der Waals surface area contributed by atoms with E-state index in [1.54, 1.807) is 16.7 Å². The van der Waals surface area contributed by atoms with Gasteiger partial charge in [-0.2, -0.15) is 0 Å². The van der Waals surface area contributed by atoms with E-state index in [-0.39, 0.29) is 5.39 Å². The predicted molar refractivity (Wildman–Crippen MR) is 110 cm³/mol. The molecular weight excluding hydrogens is 386 g/mol. The van der Waals surface area contributed by atoms with E-state index in [1.807, 2.05) is 13.8 Å². The van der Waals surface area contributed by atoms with Crippen LogP contribution in [-0.4, -0.2) is 48.5 Å². The van der Waals surface area contributed by atoms with Gasteiger partial charge in [0, 0.05) is 25.0 Å². The lowest BCUT2D eigenvalue weighted by molar-refractivity contribution is 0.596. The predicted octanol–water partition coefficient (Wildman–Crippen LogP) is 1.62. The zero-order valence-corrected chi connectivity index (χ0v) is 17.0. The molecule has 27 heavy (non-hydrogen) atoms. The minimum Gasteiger partial charge on any atom is -0.357 e. The van der Waals surface area contributed by atoms with Gasteiger partial charge in [-0.3, -0.25) is 14.4 Å². The highest BCUT2D eigenvalue weighted by atomic mass is 32.2. The second kappa shape index (κ2) is 7.99. The van der Waals surface area contributed by atoms with Crippen molar-refractivity contribution in [2.75, 3.05) is 30.3 Å². The summed E-state index contributed by atoms with van der Waals surface area (Å²) in [5.74, 6) is 1.59. The molecule has 0 saturated carbocycles. The van der Waals surface area contributed by atoms with E-state index in [0.29, 0.717) is 17.4 Å². The summed E-state index contributed by atoms with van der Waals surface area (Å²) >= 11 is 1.50. The number of anilines is 1. The lowest BCUT2D eigenvalue weighted by atomic mass is 10.2. The zero-order valence-electron chi connectivity index (χ0n) is 15.4. The number of sulfonamides is 1. The van der Waals surface area contributed by atoms with Crippen LogP contribution in [0, 0.1) is 0 Å². The molecule has 146 valence electrons. The molecule has 10 heteroatoms. The van der Waals surface area contributed by atoms with Gasteiger partial charge in [-0.25, -0.2) is 18.5 Å². The van der Waals surface area contributed by atoms with Gasteiger partial charge in [0.25, 0.3) is 0 Å². The molecule has 4 rings (SSSR count). The SMILES string of the molecule is CC.NS(=O)(=O)c1cn(C2=NCCS2)c2nc(N3CCCC3)ccc2c1=O. The molecule has 0 bridgehead atoms. The van der Waals surface area contributed by atoms with Crippen LogP contribution in [0.3, 0.4) is 0 Å². The summed E-state index contributed by atoms with van der Waals surface area (Å²) in [5, 5.41) is 6.08. The van der Waals surface area contributed by atoms with Crippen LogP contribution in [0.15, 0.2) is 33.0 Å². The summed E-state index contributed by atoms with van der Waals surface area (Å²) in [6, 6.07) is 3.39. The van der Waals surface area contributed by atoms with Gasteiger partial charge in [-0.15, -0.1) is 0 Å². The van der Waals surface area contributed by atoms with Crippen molar-refractivity contribution < 1.29 is 8.42 Å². The standard InChI is InChI=1S/C15H17N5O3S2.C2H6/c16-25(22,23)11-9-20(15-17-5-8-24-15)14-10(13(11)21)3-4-12(18-14)19-6-1-2-7-19;1-2/h3-4,9H,1-2,5-8H2,(H2,16,22,23);1-2H3. The summed E-state index contributed by atoms with van der Waals surface area (Å²) in [7, 11) is -4.14. The second-order valence-corrected chi connectivity index (χ2v) is 8.58. The maximum atomic E-state index is 12.6. The first-order chi connectivity index (χ1) is 12.9. The van der Waals surface area contributed by atoms with Gasteiger partial charge in [0.1, 0.15) is 10.7 Å². The lowest BCUT2D eigenvalue weighted by Gasteiger charge is -2.18. The van der Waals surface area contributed by atoms with Gasteiger partial charge in [0.15, 0.2) is 10.8 Å². The number of hydrogen-bond donors (Lipinski definition) is 1. The summed E-state index contributed by atoms with van der Waals surface area (Å²) in [4.78, 5) is 23.4. The number of pyridine rings is 2. The van der Waals surface area contributed by atoms with E-state index in [1.165, 1.54) is 18.0 Å². The molecule has 8 nitrogen and oxygen atoms in total. The van der Waals surface area contributed by atoms with Crippen molar-refractivity contribution in [3.63, 3.8) is 0 Å². The highest BCUT2D eigenvalue weighted by Gasteiger charge is 2.23. The molecule has 2 aliphatic heterocycles. The Morgan fingerprint density at radius 1 is 1.19 bits per heavy atom. The Morgan fingerprint density at radius 2 is 1.89 bits per heavy atom. The van der Waals surface area contributed by atoms with Crippen LogP contribution in [0.1, 0.15) is 26.7 Å². The molecule has 0 amide bonds. The maximum Gasteiger partial charge on any atom is 0.243 e. The molecule has 4 heterocycles. The van der Waals surface area contributed by atoms with Gasteiger partial charge in [-0.05, 0) is 25.0 Å². The zero-order chi connectivity index (χ0) is 19.6. The fourth-order valence-electron chi connectivity index (χ4n) is 3.11. The first-order valence-electron chi connectivity index (χ1n) is 8.97. The first-order valence-corrected chi connectivity index (χ1v) is 11.5. The molecule has 2 aromatic rings. The van der Waals surface area contributed by atoms with Crippen LogP contribution in [0.5, 0.6) is 0 Å². The summed E-state index contributed by atoms with van der Waals surface area (Å²) in [5.41, 5.74) is -0.215. The van der Waals surface area contributed by atoms with Crippen LogP contribution < -0.4 is 15.5 Å². The Labute approximate surface area is 162 Å². The Bertz CT molecular complexity index is 1040. The van der Waals surface area contributed by atoms with E-state index >= 15 is 0 Å². The van der Waals surface area contributed by atoms with Crippen molar-refractivity contribution in [1.82, 2.24) is 9.55 Å². The number of hydrogen-bond acceptors (Lipinski definition) is 7. The topological polar surface area (TPSA) is 111 Å². The molecule has 0 unspecified atom stereocenters. The van der Waals surface area contributed by atoms with E-state index < -0.39 is 20.3 Å². The summed E-state index contributed by atoms with van der Waals surface area (Å²) in [6.45, 7) is 6.49. The van der Waals surface area contributed by atoms with Crippen LogP contribution >= 0.6 is 11.8 Å². The lowest BCUT2D eigenvalue weighted by Crippen LogP contribution is -2.26. The Kier molecular flexibility index (Phi) is 5.87. The molecule has 1 fully saturated rings. The molecule has 0 aromatic carbocycles. The number of thioether (sulfide) groups is 1. The van der Waals surface area contributed by atoms with Crippen LogP contribution in [-0.2, 0) is 10.0 Å². The Hall–Kier alpha value is -1.91. The fourth-order valence-corrected chi connectivity index (χ4v) is 4.56. The minimum atomic E-state index is -4.14. The van der Waals surface area contributed by atoms with Gasteiger partial charge in [0.2, 0.25) is 15.5 Å². The molecule has 0 radical (unpaired) electrons. The number of nitrogens with two attached hydrogens (primary N) is 1. The highest BCUT2D eigenvalue weighted by molar-refractivity contribution is 8.14. The van der Waals surface area contributed by atoms with E-state index in [4.69, 9.17) is 5.14 Å². The number of aliphatic imine (C=N–C) groups is 1. The molecule has 0 aliphatic carbocycles. The normalized spacial score (nSPS) is 17.0. The number of primary sulfonamides is 1. The molecule has 2 aromatic heterocycles. The van der Waals surface area contributed by atoms with Gasteiger partial charge in [0.05, 0.1) is 11.9 Å². The first kappa shape index (κ1) is 19.8. The Morgan fingerprint density at radius 3 is 2.48 bits per heavy atom. The molecule has 2 aliphatic rings. The minimum absolute atomic E-state index is 0.227. The molecule has 2 N–H and O–H groups in total. The molecule has 0 spiro atoms. The van der Waals surface area contributed by atoms with Crippen molar-refractivity contribution in [3.05, 3.63) is 28.6 Å². The van der Waals surface area contributed by atoms with E-state index in [0.717, 1.165) is 37.5 Å². The Balaban J connectivity index is 0.00000102. The van der Waals surface area contributed by atoms with Crippen molar-refractivity contribution in [2.45, 2.75) is 31.6 Å². The van der Waals surface area contributed by atoms with Crippen LogP contribution in [0.2, 0.25) is 0 Å². The van der Waals surface area contributed by atoms with E-state index in [9.17, 15) is 13.2 Å². The summed E-state index contributed by atoms with van der Waals surface area (Å²) < 4.78 is 25.2. The largest absolute Gasteiger partial charge is 0.357 e. The van der Waals surface area contributed by atoms with Crippen LogP contribution in [0.25, 0.3) is 11.0 Å². The van der Waals surface area contributed by atoms with Crippen LogP contribution in [0.4, 0.5) is 5.82 Å². The van der Waals surface area contributed by atoms with Crippen molar-refractivity contribution in [1.29, 1.82) is 0 Å². The highest BCUT2D eigenvalue weighted by Crippen LogP contribution is 2.24. The fraction of sp³-hybridized carbons (Fsp3) is 0.471. The average molecular weight is 410 g/mol.